The summed E-state index contributed by atoms with van der Waals surface area (Å²) < 4.78 is 0. The number of hydrogen-bond donors (Lipinski definition) is 2. The zero-order valence-electron chi connectivity index (χ0n) is 8.90. The predicted molar refractivity (Wildman–Crippen MR) is 68.5 cm³/mol. The molecule has 2 rings (SSSR count). The molecule has 0 saturated heterocycles. The summed E-state index contributed by atoms with van der Waals surface area (Å²) in [6.07, 6.45) is 0. The Bertz CT molecular complexity index is 535. The fourth-order valence-corrected chi connectivity index (χ4v) is 3.41. The molecule has 84 valence electrons. The van der Waals surface area contributed by atoms with E-state index in [1.165, 1.54) is 21.8 Å². The van der Waals surface area contributed by atoms with E-state index in [-0.39, 0.29) is 4.88 Å². The van der Waals surface area contributed by atoms with E-state index < -0.39 is 5.97 Å². The van der Waals surface area contributed by atoms with Gasteiger partial charge in [-0.3, -0.25) is 0 Å². The van der Waals surface area contributed by atoms with Crippen LogP contribution in [0.2, 0.25) is 0 Å². The molecule has 3 nitrogen and oxygen atoms in total. The zero-order chi connectivity index (χ0) is 11.9. The summed E-state index contributed by atoms with van der Waals surface area (Å²) in [5, 5.41) is 8.92. The van der Waals surface area contributed by atoms with Gasteiger partial charge in [-0.2, -0.15) is 0 Å². The number of carbonyl (C=O) groups is 1. The van der Waals surface area contributed by atoms with E-state index in [0.717, 1.165) is 9.75 Å². The second-order valence-corrected chi connectivity index (χ2v) is 5.86. The van der Waals surface area contributed by atoms with Crippen molar-refractivity contribution >= 4 is 34.3 Å². The van der Waals surface area contributed by atoms with Gasteiger partial charge in [0, 0.05) is 14.6 Å². The van der Waals surface area contributed by atoms with Crippen molar-refractivity contribution in [1.29, 1.82) is 0 Å². The highest BCUT2D eigenvalue weighted by Crippen LogP contribution is 2.38. The van der Waals surface area contributed by atoms with Gasteiger partial charge in [-0.1, -0.05) is 0 Å². The molecule has 2 aromatic heterocycles. The first-order chi connectivity index (χ1) is 7.49. The number of nitrogen functional groups attached to an aromatic ring is 1. The molecule has 0 aliphatic heterocycles. The van der Waals surface area contributed by atoms with Crippen LogP contribution in [-0.2, 0) is 0 Å². The van der Waals surface area contributed by atoms with Gasteiger partial charge in [0.15, 0.2) is 0 Å². The lowest BCUT2D eigenvalue weighted by molar-refractivity contribution is 0.0703. The van der Waals surface area contributed by atoms with Crippen LogP contribution < -0.4 is 5.73 Å². The number of carboxylic acids is 1. The monoisotopic (exact) mass is 253 g/mol. The Kier molecular flexibility index (Phi) is 2.73. The lowest BCUT2D eigenvalue weighted by Crippen LogP contribution is -1.96. The molecule has 0 amide bonds. The Morgan fingerprint density at radius 3 is 2.31 bits per heavy atom. The zero-order valence-corrected chi connectivity index (χ0v) is 10.5. The quantitative estimate of drug-likeness (QED) is 0.862. The van der Waals surface area contributed by atoms with Crippen LogP contribution >= 0.6 is 22.7 Å². The normalized spacial score (nSPS) is 10.6. The van der Waals surface area contributed by atoms with Gasteiger partial charge in [-0.05, 0) is 31.5 Å². The first-order valence-electron chi connectivity index (χ1n) is 4.69. The number of carboxylic acid groups (broad SMARTS) is 1. The number of nitrogens with two attached hydrogens (primary N) is 1. The lowest BCUT2D eigenvalue weighted by atomic mass is 10.2. The van der Waals surface area contributed by atoms with Gasteiger partial charge < -0.3 is 10.8 Å². The van der Waals surface area contributed by atoms with Gasteiger partial charge >= 0.3 is 5.97 Å². The minimum absolute atomic E-state index is 0.221. The smallest absolute Gasteiger partial charge is 0.348 e. The van der Waals surface area contributed by atoms with Crippen LogP contribution in [0.15, 0.2) is 12.1 Å². The van der Waals surface area contributed by atoms with Crippen LogP contribution in [0.3, 0.4) is 0 Å². The molecule has 0 radical (unpaired) electrons. The molecule has 5 heteroatoms. The molecule has 2 aromatic rings. The van der Waals surface area contributed by atoms with Crippen molar-refractivity contribution in [3.05, 3.63) is 27.5 Å². The highest BCUT2D eigenvalue weighted by atomic mass is 32.1. The number of thiophene rings is 2. The van der Waals surface area contributed by atoms with Crippen molar-refractivity contribution in [3.63, 3.8) is 0 Å². The first-order valence-corrected chi connectivity index (χ1v) is 6.32. The van der Waals surface area contributed by atoms with E-state index in [2.05, 4.69) is 13.0 Å². The fourth-order valence-electron chi connectivity index (χ4n) is 1.39. The van der Waals surface area contributed by atoms with Crippen LogP contribution in [0.4, 0.5) is 5.69 Å². The standard InChI is InChI=1S/C11H11NO2S2/c1-5-3-8(15-6(5)2)9-4-7(12)10(16-9)11(13)14/h3-4H,12H2,1-2H3,(H,13,14). The molecule has 0 spiro atoms. The second-order valence-electron chi connectivity index (χ2n) is 3.55. The summed E-state index contributed by atoms with van der Waals surface area (Å²) in [5.74, 6) is -0.959. The highest BCUT2D eigenvalue weighted by molar-refractivity contribution is 7.23. The molecule has 0 fully saturated rings. The van der Waals surface area contributed by atoms with Crippen LogP contribution in [0, 0.1) is 13.8 Å². The summed E-state index contributed by atoms with van der Waals surface area (Å²) in [7, 11) is 0. The maximum Gasteiger partial charge on any atom is 0.348 e. The van der Waals surface area contributed by atoms with Crippen molar-refractivity contribution in [2.24, 2.45) is 0 Å². The molecule has 0 atom stereocenters. The maximum absolute atomic E-state index is 10.9. The molecule has 0 bridgehead atoms. The Hall–Kier alpha value is -1.33. The topological polar surface area (TPSA) is 63.3 Å². The number of aryl methyl sites for hydroxylation is 2. The van der Waals surface area contributed by atoms with Gasteiger partial charge in [0.05, 0.1) is 5.69 Å². The van der Waals surface area contributed by atoms with Gasteiger partial charge in [0.25, 0.3) is 0 Å². The molecule has 0 aliphatic carbocycles. The Labute approximate surface area is 101 Å². The number of aromatic carboxylic acids is 1. The molecular formula is C11H11NO2S2. The van der Waals surface area contributed by atoms with Crippen molar-refractivity contribution in [3.8, 4) is 9.75 Å². The third kappa shape index (κ3) is 1.83. The predicted octanol–water partition coefficient (Wildman–Crippen LogP) is 3.37. The Morgan fingerprint density at radius 1 is 1.25 bits per heavy atom. The SMILES string of the molecule is Cc1cc(-c2cc(N)c(C(=O)O)s2)sc1C. The Morgan fingerprint density at radius 2 is 1.88 bits per heavy atom. The van der Waals surface area contributed by atoms with Crippen LogP contribution in [0.5, 0.6) is 0 Å². The summed E-state index contributed by atoms with van der Waals surface area (Å²) in [4.78, 5) is 14.4. The summed E-state index contributed by atoms with van der Waals surface area (Å²) >= 11 is 2.89. The molecule has 0 aliphatic rings. The van der Waals surface area contributed by atoms with Crippen molar-refractivity contribution < 1.29 is 9.90 Å². The van der Waals surface area contributed by atoms with Gasteiger partial charge in [0.2, 0.25) is 0 Å². The molecular weight excluding hydrogens is 242 g/mol. The minimum Gasteiger partial charge on any atom is -0.477 e. The number of hydrogen-bond acceptors (Lipinski definition) is 4. The van der Waals surface area contributed by atoms with Crippen molar-refractivity contribution in [2.45, 2.75) is 13.8 Å². The van der Waals surface area contributed by atoms with Crippen LogP contribution in [0.1, 0.15) is 20.1 Å². The number of anilines is 1. The lowest BCUT2D eigenvalue weighted by Gasteiger charge is -1.87. The van der Waals surface area contributed by atoms with Gasteiger partial charge in [-0.25, -0.2) is 4.79 Å². The van der Waals surface area contributed by atoms with Crippen molar-refractivity contribution in [1.82, 2.24) is 0 Å². The van der Waals surface area contributed by atoms with Crippen molar-refractivity contribution in [2.75, 3.05) is 5.73 Å². The molecule has 16 heavy (non-hydrogen) atoms. The summed E-state index contributed by atoms with van der Waals surface area (Å²) in [6, 6.07) is 3.80. The fraction of sp³-hybridized carbons (Fsp3) is 0.182. The second kappa shape index (κ2) is 3.92. The van der Waals surface area contributed by atoms with Crippen LogP contribution in [0.25, 0.3) is 9.75 Å². The summed E-state index contributed by atoms with van der Waals surface area (Å²) in [6.45, 7) is 4.10. The first kappa shape index (κ1) is 11.2. The molecule has 0 aromatic carbocycles. The van der Waals surface area contributed by atoms with Gasteiger partial charge in [0.1, 0.15) is 4.88 Å². The largest absolute Gasteiger partial charge is 0.477 e. The molecule has 2 heterocycles. The Balaban J connectivity index is 2.49. The summed E-state index contributed by atoms with van der Waals surface area (Å²) in [5.41, 5.74) is 7.23. The third-order valence-electron chi connectivity index (χ3n) is 2.36. The average molecular weight is 253 g/mol. The highest BCUT2D eigenvalue weighted by Gasteiger charge is 2.15. The van der Waals surface area contributed by atoms with E-state index >= 15 is 0 Å². The van der Waals surface area contributed by atoms with Gasteiger partial charge in [-0.15, -0.1) is 22.7 Å². The van der Waals surface area contributed by atoms with E-state index in [9.17, 15) is 4.79 Å². The van der Waals surface area contributed by atoms with E-state index in [0.29, 0.717) is 5.69 Å². The van der Waals surface area contributed by atoms with E-state index in [1.54, 1.807) is 17.4 Å². The molecule has 0 unspecified atom stereocenters. The third-order valence-corrected chi connectivity index (χ3v) is 4.85. The number of rotatable bonds is 2. The molecule has 3 N–H and O–H groups in total. The van der Waals surface area contributed by atoms with E-state index in [4.69, 9.17) is 10.8 Å². The molecule has 0 saturated carbocycles. The maximum atomic E-state index is 10.9. The van der Waals surface area contributed by atoms with Crippen LogP contribution in [-0.4, -0.2) is 11.1 Å². The average Bonchev–Trinajstić information content (AvgIpc) is 2.71. The minimum atomic E-state index is -0.959. The van der Waals surface area contributed by atoms with E-state index in [1.807, 2.05) is 6.92 Å².